The number of thiophene rings is 1. The second-order valence-electron chi connectivity index (χ2n) is 7.17. The minimum absolute atomic E-state index is 0.301. The molecule has 1 fully saturated rings. The van der Waals surface area contributed by atoms with Crippen molar-refractivity contribution in [3.63, 3.8) is 0 Å². The van der Waals surface area contributed by atoms with Gasteiger partial charge in [-0.3, -0.25) is 4.79 Å². The van der Waals surface area contributed by atoms with Gasteiger partial charge in [0.1, 0.15) is 5.69 Å². The quantitative estimate of drug-likeness (QED) is 0.546. The standard InChI is InChI=1S/C20H17Cl2N3O2S2/c21-11-9-12-15(13(22)10-11)23-18(26)20(12,27)17-16(14-5-4-8-28-14)24-19(29-17)25-6-2-1-3-7-25/h4-5,8-10,27H,1-3,6-7H2,(H,23,26)/t20-/m1/s1. The van der Waals surface area contributed by atoms with Gasteiger partial charge in [0.15, 0.2) is 5.13 Å². The lowest BCUT2D eigenvalue weighted by Gasteiger charge is -2.26. The van der Waals surface area contributed by atoms with E-state index in [1.165, 1.54) is 29.1 Å². The Morgan fingerprint density at radius 3 is 2.72 bits per heavy atom. The van der Waals surface area contributed by atoms with Crippen molar-refractivity contribution in [2.75, 3.05) is 23.3 Å². The molecule has 9 heteroatoms. The number of thiazole rings is 1. The summed E-state index contributed by atoms with van der Waals surface area (Å²) in [5.41, 5.74) is -0.498. The van der Waals surface area contributed by atoms with E-state index in [0.717, 1.165) is 35.9 Å². The summed E-state index contributed by atoms with van der Waals surface area (Å²) in [6.07, 6.45) is 3.44. The van der Waals surface area contributed by atoms with Crippen LogP contribution in [0.25, 0.3) is 10.6 Å². The lowest BCUT2D eigenvalue weighted by molar-refractivity contribution is -0.129. The molecule has 1 saturated heterocycles. The highest BCUT2D eigenvalue weighted by Gasteiger charge is 2.51. The molecule has 29 heavy (non-hydrogen) atoms. The summed E-state index contributed by atoms with van der Waals surface area (Å²) in [6.45, 7) is 1.85. The number of carbonyl (C=O) groups is 1. The molecule has 2 aliphatic heterocycles. The summed E-state index contributed by atoms with van der Waals surface area (Å²) in [5, 5.41) is 17.9. The molecule has 2 aliphatic rings. The molecule has 3 aromatic rings. The van der Waals surface area contributed by atoms with E-state index in [2.05, 4.69) is 10.2 Å². The van der Waals surface area contributed by atoms with Gasteiger partial charge in [0.2, 0.25) is 5.60 Å². The predicted octanol–water partition coefficient (Wildman–Crippen LogP) is 5.36. The van der Waals surface area contributed by atoms with E-state index in [4.69, 9.17) is 28.2 Å². The van der Waals surface area contributed by atoms with Gasteiger partial charge in [-0.1, -0.05) is 40.6 Å². The van der Waals surface area contributed by atoms with Crippen LogP contribution in [0, 0.1) is 0 Å². The molecule has 4 heterocycles. The SMILES string of the molecule is O=C1Nc2c(Cl)cc(Cl)cc2[C@@]1(O)c1sc(N2CCCCC2)nc1-c1cccs1. The maximum atomic E-state index is 13.0. The van der Waals surface area contributed by atoms with Crippen LogP contribution < -0.4 is 10.2 Å². The third-order valence-electron chi connectivity index (χ3n) is 5.34. The fourth-order valence-corrected chi connectivity index (χ4v) is 6.45. The van der Waals surface area contributed by atoms with Crippen molar-refractivity contribution in [2.45, 2.75) is 24.9 Å². The van der Waals surface area contributed by atoms with Gasteiger partial charge in [0.05, 0.1) is 20.5 Å². The number of rotatable bonds is 3. The summed E-state index contributed by atoms with van der Waals surface area (Å²) in [7, 11) is 0. The minimum Gasteiger partial charge on any atom is -0.371 e. The molecule has 5 rings (SSSR count). The van der Waals surface area contributed by atoms with Gasteiger partial charge in [-0.15, -0.1) is 11.3 Å². The normalized spacial score (nSPS) is 21.3. The second-order valence-corrected chi connectivity index (χ2v) is 9.94. The maximum Gasteiger partial charge on any atom is 0.266 e. The van der Waals surface area contributed by atoms with Gasteiger partial charge in [0.25, 0.3) is 5.91 Å². The van der Waals surface area contributed by atoms with Crippen LogP contribution in [-0.4, -0.2) is 29.1 Å². The van der Waals surface area contributed by atoms with E-state index in [1.807, 2.05) is 17.5 Å². The molecule has 5 nitrogen and oxygen atoms in total. The molecule has 1 amide bonds. The predicted molar refractivity (Wildman–Crippen MR) is 120 cm³/mol. The number of hydrogen-bond acceptors (Lipinski definition) is 6. The second kappa shape index (κ2) is 7.25. The zero-order chi connectivity index (χ0) is 20.2. The van der Waals surface area contributed by atoms with Gasteiger partial charge >= 0.3 is 0 Å². The molecule has 0 aliphatic carbocycles. The number of nitrogens with one attached hydrogen (secondary N) is 1. The number of piperidine rings is 1. The van der Waals surface area contributed by atoms with E-state index < -0.39 is 11.5 Å². The molecule has 0 radical (unpaired) electrons. The van der Waals surface area contributed by atoms with Crippen LogP contribution >= 0.6 is 45.9 Å². The number of hydrogen-bond donors (Lipinski definition) is 2. The first kappa shape index (κ1) is 19.3. The summed E-state index contributed by atoms with van der Waals surface area (Å²) in [4.78, 5) is 21.5. The third kappa shape index (κ3) is 3.07. The Labute approximate surface area is 185 Å². The Morgan fingerprint density at radius 1 is 1.21 bits per heavy atom. The van der Waals surface area contributed by atoms with Crippen LogP contribution in [0.3, 0.4) is 0 Å². The molecular formula is C20H17Cl2N3O2S2. The molecular weight excluding hydrogens is 449 g/mol. The summed E-state index contributed by atoms with van der Waals surface area (Å²) in [6, 6.07) is 7.04. The number of halogens is 2. The Hall–Kier alpha value is -1.64. The molecule has 2 N–H and O–H groups in total. The Balaban J connectivity index is 1.71. The number of carbonyl (C=O) groups excluding carboxylic acids is 1. The number of fused-ring (bicyclic) bond motifs is 1. The first-order valence-corrected chi connectivity index (χ1v) is 11.8. The van der Waals surface area contributed by atoms with E-state index >= 15 is 0 Å². The number of anilines is 2. The van der Waals surface area contributed by atoms with Gasteiger partial charge in [0, 0.05) is 23.7 Å². The first-order valence-electron chi connectivity index (χ1n) is 9.32. The lowest BCUT2D eigenvalue weighted by atomic mass is 9.92. The van der Waals surface area contributed by atoms with Crippen molar-refractivity contribution in [1.82, 2.24) is 4.98 Å². The minimum atomic E-state index is -1.89. The Bertz CT molecular complexity index is 1090. The van der Waals surface area contributed by atoms with Crippen LogP contribution in [0.5, 0.6) is 0 Å². The van der Waals surface area contributed by atoms with Crippen LogP contribution in [-0.2, 0) is 10.4 Å². The van der Waals surface area contributed by atoms with Crippen molar-refractivity contribution < 1.29 is 9.90 Å². The maximum absolute atomic E-state index is 13.0. The largest absolute Gasteiger partial charge is 0.371 e. The zero-order valence-electron chi connectivity index (χ0n) is 15.2. The zero-order valence-corrected chi connectivity index (χ0v) is 18.4. The molecule has 0 saturated carbocycles. The highest BCUT2D eigenvalue weighted by molar-refractivity contribution is 7.17. The first-order chi connectivity index (χ1) is 14.0. The van der Waals surface area contributed by atoms with Crippen LogP contribution in [0.15, 0.2) is 29.6 Å². The van der Waals surface area contributed by atoms with Gasteiger partial charge < -0.3 is 15.3 Å². The molecule has 0 spiro atoms. The fraction of sp³-hybridized carbons (Fsp3) is 0.300. The molecule has 0 unspecified atom stereocenters. The number of amides is 1. The van der Waals surface area contributed by atoms with Crippen molar-refractivity contribution in [3.05, 3.63) is 50.1 Å². The molecule has 150 valence electrons. The van der Waals surface area contributed by atoms with Gasteiger partial charge in [-0.2, -0.15) is 0 Å². The number of aliphatic hydroxyl groups is 1. The summed E-state index contributed by atoms with van der Waals surface area (Å²) < 4.78 is 0. The molecule has 0 bridgehead atoms. The number of nitrogens with zero attached hydrogens (tertiary/aromatic N) is 2. The number of benzene rings is 1. The molecule has 2 aromatic heterocycles. The average Bonchev–Trinajstić information content (AvgIpc) is 3.43. The van der Waals surface area contributed by atoms with Crippen molar-refractivity contribution >= 4 is 62.6 Å². The van der Waals surface area contributed by atoms with E-state index in [0.29, 0.717) is 31.9 Å². The third-order valence-corrected chi connectivity index (χ3v) is 7.96. The molecule has 1 atom stereocenters. The average molecular weight is 466 g/mol. The lowest BCUT2D eigenvalue weighted by Crippen LogP contribution is -2.35. The van der Waals surface area contributed by atoms with Crippen molar-refractivity contribution in [3.8, 4) is 10.6 Å². The monoisotopic (exact) mass is 465 g/mol. The summed E-state index contributed by atoms with van der Waals surface area (Å²) >= 11 is 15.4. The van der Waals surface area contributed by atoms with Crippen molar-refractivity contribution in [1.29, 1.82) is 0 Å². The highest BCUT2D eigenvalue weighted by Crippen LogP contribution is 2.51. The van der Waals surface area contributed by atoms with Crippen LogP contribution in [0.1, 0.15) is 29.7 Å². The fourth-order valence-electron chi connectivity index (χ4n) is 3.89. The summed E-state index contributed by atoms with van der Waals surface area (Å²) in [5.74, 6) is -0.539. The smallest absolute Gasteiger partial charge is 0.266 e. The van der Waals surface area contributed by atoms with E-state index in [1.54, 1.807) is 12.1 Å². The number of aromatic nitrogens is 1. The van der Waals surface area contributed by atoms with E-state index in [-0.39, 0.29) is 0 Å². The van der Waals surface area contributed by atoms with Gasteiger partial charge in [-0.05, 0) is 42.8 Å². The van der Waals surface area contributed by atoms with E-state index in [9.17, 15) is 9.90 Å². The Morgan fingerprint density at radius 2 is 2.00 bits per heavy atom. The molecule has 1 aromatic carbocycles. The van der Waals surface area contributed by atoms with Crippen LogP contribution in [0.2, 0.25) is 10.0 Å². The Kier molecular flexibility index (Phi) is 4.83. The topological polar surface area (TPSA) is 65.5 Å². The van der Waals surface area contributed by atoms with Crippen molar-refractivity contribution in [2.24, 2.45) is 0 Å². The highest BCUT2D eigenvalue weighted by atomic mass is 35.5. The van der Waals surface area contributed by atoms with Gasteiger partial charge in [-0.25, -0.2) is 4.98 Å². The van der Waals surface area contributed by atoms with Crippen LogP contribution in [0.4, 0.5) is 10.8 Å².